The van der Waals surface area contributed by atoms with Crippen molar-refractivity contribution in [2.24, 2.45) is 0 Å². The predicted octanol–water partition coefficient (Wildman–Crippen LogP) is 2.14. The summed E-state index contributed by atoms with van der Waals surface area (Å²) in [7, 11) is 2.18. The summed E-state index contributed by atoms with van der Waals surface area (Å²) in [5, 5.41) is 14.8. The van der Waals surface area contributed by atoms with Crippen LogP contribution < -0.4 is 4.74 Å². The lowest BCUT2D eigenvalue weighted by Crippen LogP contribution is -2.45. The fourth-order valence-corrected chi connectivity index (χ4v) is 2.80. The van der Waals surface area contributed by atoms with Crippen molar-refractivity contribution < 1.29 is 24.5 Å². The Bertz CT molecular complexity index is 746. The van der Waals surface area contributed by atoms with Crippen molar-refractivity contribution >= 4 is 11.9 Å². The van der Waals surface area contributed by atoms with Crippen molar-refractivity contribution in [2.75, 3.05) is 46.4 Å². The Hall–Kier alpha value is -2.90. The molecule has 3 rings (SSSR count). The first-order chi connectivity index (χ1) is 13.5. The highest BCUT2D eigenvalue weighted by Gasteiger charge is 2.13. The minimum atomic E-state index is -1.82. The standard InChI is InChI=1S/C19H24N2O.C2H2O4/c1-20-11-13-21(14-12-20)15-16-22-19-10-6-5-9-18(19)17-7-3-2-4-8-17;3-1(4)2(5)6/h2-10H,11-16H2,1H3;(H,3,4)(H,5,6). The van der Waals surface area contributed by atoms with Gasteiger partial charge in [-0.05, 0) is 18.7 Å². The van der Waals surface area contributed by atoms with Gasteiger partial charge in [0.05, 0.1) is 0 Å². The molecule has 0 spiro atoms. The molecule has 2 N–H and O–H groups in total. The molecular formula is C21H26N2O5. The second-order valence-corrected chi connectivity index (χ2v) is 6.47. The number of carbonyl (C=O) groups is 2. The number of carboxylic acid groups (broad SMARTS) is 2. The first-order valence-electron chi connectivity index (χ1n) is 9.11. The van der Waals surface area contributed by atoms with E-state index in [2.05, 4.69) is 59.3 Å². The topological polar surface area (TPSA) is 90.3 Å². The number of para-hydroxylation sites is 1. The Balaban J connectivity index is 0.000000409. The van der Waals surface area contributed by atoms with E-state index < -0.39 is 11.9 Å². The van der Waals surface area contributed by atoms with E-state index in [1.165, 1.54) is 11.1 Å². The Morgan fingerprint density at radius 1 is 0.893 bits per heavy atom. The van der Waals surface area contributed by atoms with Crippen molar-refractivity contribution in [3.63, 3.8) is 0 Å². The Morgan fingerprint density at radius 3 is 2.07 bits per heavy atom. The molecule has 2 aromatic carbocycles. The molecule has 150 valence electrons. The van der Waals surface area contributed by atoms with Crippen LogP contribution in [0.25, 0.3) is 11.1 Å². The third-order valence-electron chi connectivity index (χ3n) is 4.42. The highest BCUT2D eigenvalue weighted by atomic mass is 16.5. The monoisotopic (exact) mass is 386 g/mol. The van der Waals surface area contributed by atoms with Crippen LogP contribution in [0.1, 0.15) is 0 Å². The average molecular weight is 386 g/mol. The van der Waals surface area contributed by atoms with Gasteiger partial charge in [-0.2, -0.15) is 0 Å². The van der Waals surface area contributed by atoms with Crippen LogP contribution >= 0.6 is 0 Å². The van der Waals surface area contributed by atoms with E-state index in [0.717, 1.165) is 45.1 Å². The highest BCUT2D eigenvalue weighted by Crippen LogP contribution is 2.29. The number of ether oxygens (including phenoxy) is 1. The number of likely N-dealkylation sites (N-methyl/N-ethyl adjacent to an activating group) is 1. The molecule has 7 nitrogen and oxygen atoms in total. The molecular weight excluding hydrogens is 360 g/mol. The molecule has 1 heterocycles. The largest absolute Gasteiger partial charge is 0.492 e. The Morgan fingerprint density at radius 2 is 1.46 bits per heavy atom. The number of carboxylic acids is 2. The Kier molecular flexibility index (Phi) is 8.45. The van der Waals surface area contributed by atoms with Crippen LogP contribution in [0.3, 0.4) is 0 Å². The zero-order valence-corrected chi connectivity index (χ0v) is 16.0. The third-order valence-corrected chi connectivity index (χ3v) is 4.42. The normalized spacial score (nSPS) is 14.6. The molecule has 0 radical (unpaired) electrons. The fourth-order valence-electron chi connectivity index (χ4n) is 2.80. The van der Waals surface area contributed by atoms with Gasteiger partial charge in [-0.1, -0.05) is 48.5 Å². The number of hydrogen-bond acceptors (Lipinski definition) is 5. The maximum Gasteiger partial charge on any atom is 0.414 e. The molecule has 0 aromatic heterocycles. The van der Waals surface area contributed by atoms with Gasteiger partial charge in [0.1, 0.15) is 12.4 Å². The van der Waals surface area contributed by atoms with E-state index >= 15 is 0 Å². The predicted molar refractivity (Wildman–Crippen MR) is 107 cm³/mol. The molecule has 1 saturated heterocycles. The smallest absolute Gasteiger partial charge is 0.414 e. The van der Waals surface area contributed by atoms with Crippen molar-refractivity contribution in [3.8, 4) is 16.9 Å². The highest BCUT2D eigenvalue weighted by molar-refractivity contribution is 6.27. The van der Waals surface area contributed by atoms with Crippen LogP contribution in [0.4, 0.5) is 0 Å². The first-order valence-corrected chi connectivity index (χ1v) is 9.11. The summed E-state index contributed by atoms with van der Waals surface area (Å²) in [5.41, 5.74) is 2.37. The number of hydrogen-bond donors (Lipinski definition) is 2. The van der Waals surface area contributed by atoms with Crippen LogP contribution in [-0.4, -0.2) is 78.3 Å². The van der Waals surface area contributed by atoms with Gasteiger partial charge >= 0.3 is 11.9 Å². The second kappa shape index (κ2) is 11.1. The summed E-state index contributed by atoms with van der Waals surface area (Å²) in [6.07, 6.45) is 0. The lowest BCUT2D eigenvalue weighted by molar-refractivity contribution is -0.159. The van der Waals surface area contributed by atoms with Crippen LogP contribution in [0.5, 0.6) is 5.75 Å². The lowest BCUT2D eigenvalue weighted by atomic mass is 10.1. The van der Waals surface area contributed by atoms with Crippen molar-refractivity contribution in [1.82, 2.24) is 9.80 Å². The first kappa shape index (κ1) is 21.4. The minimum absolute atomic E-state index is 0.744. The van der Waals surface area contributed by atoms with E-state index in [0.29, 0.717) is 0 Å². The van der Waals surface area contributed by atoms with Crippen molar-refractivity contribution in [1.29, 1.82) is 0 Å². The number of piperazine rings is 1. The molecule has 28 heavy (non-hydrogen) atoms. The summed E-state index contributed by atoms with van der Waals surface area (Å²) < 4.78 is 6.07. The van der Waals surface area contributed by atoms with Gasteiger partial charge in [0.2, 0.25) is 0 Å². The lowest BCUT2D eigenvalue weighted by Gasteiger charge is -2.32. The quantitative estimate of drug-likeness (QED) is 0.761. The Labute approximate surface area is 164 Å². The number of nitrogens with zero attached hydrogens (tertiary/aromatic N) is 2. The molecule has 0 saturated carbocycles. The van der Waals surface area contributed by atoms with Gasteiger partial charge in [0, 0.05) is 38.3 Å². The van der Waals surface area contributed by atoms with E-state index in [4.69, 9.17) is 24.5 Å². The molecule has 1 fully saturated rings. The average Bonchev–Trinajstić information content (AvgIpc) is 2.71. The third kappa shape index (κ3) is 7.02. The van der Waals surface area contributed by atoms with E-state index in [9.17, 15) is 0 Å². The molecule has 2 aromatic rings. The zero-order chi connectivity index (χ0) is 20.4. The molecule has 0 amide bonds. The van der Waals surface area contributed by atoms with Gasteiger partial charge in [-0.3, -0.25) is 4.90 Å². The van der Waals surface area contributed by atoms with Crippen LogP contribution in [0.15, 0.2) is 54.6 Å². The van der Waals surface area contributed by atoms with E-state index in [-0.39, 0.29) is 0 Å². The van der Waals surface area contributed by atoms with Gasteiger partial charge in [-0.15, -0.1) is 0 Å². The number of rotatable bonds is 5. The van der Waals surface area contributed by atoms with E-state index in [1.807, 2.05) is 12.1 Å². The fraction of sp³-hybridized carbons (Fsp3) is 0.333. The summed E-state index contributed by atoms with van der Waals surface area (Å²) in [5.74, 6) is -2.67. The second-order valence-electron chi connectivity index (χ2n) is 6.47. The molecule has 1 aliphatic heterocycles. The summed E-state index contributed by atoms with van der Waals surface area (Å²) in [6.45, 7) is 6.33. The summed E-state index contributed by atoms with van der Waals surface area (Å²) in [4.78, 5) is 23.1. The van der Waals surface area contributed by atoms with Gasteiger partial charge in [-0.25, -0.2) is 9.59 Å². The minimum Gasteiger partial charge on any atom is -0.492 e. The van der Waals surface area contributed by atoms with Gasteiger partial charge in [0.15, 0.2) is 0 Å². The maximum atomic E-state index is 9.10. The molecule has 0 aliphatic carbocycles. The number of aliphatic carboxylic acids is 2. The van der Waals surface area contributed by atoms with Crippen LogP contribution in [-0.2, 0) is 9.59 Å². The summed E-state index contributed by atoms with van der Waals surface area (Å²) in [6, 6.07) is 18.7. The molecule has 7 heteroatoms. The van der Waals surface area contributed by atoms with E-state index in [1.54, 1.807) is 0 Å². The van der Waals surface area contributed by atoms with Crippen molar-refractivity contribution in [3.05, 3.63) is 54.6 Å². The zero-order valence-electron chi connectivity index (χ0n) is 16.0. The molecule has 0 bridgehead atoms. The van der Waals surface area contributed by atoms with Crippen LogP contribution in [0.2, 0.25) is 0 Å². The molecule has 0 atom stereocenters. The van der Waals surface area contributed by atoms with Gasteiger partial charge < -0.3 is 19.8 Å². The van der Waals surface area contributed by atoms with Gasteiger partial charge in [0.25, 0.3) is 0 Å². The summed E-state index contributed by atoms with van der Waals surface area (Å²) >= 11 is 0. The van der Waals surface area contributed by atoms with Crippen LogP contribution in [0, 0.1) is 0 Å². The molecule has 1 aliphatic rings. The maximum absolute atomic E-state index is 9.10. The van der Waals surface area contributed by atoms with Crippen molar-refractivity contribution in [2.45, 2.75) is 0 Å². The molecule has 0 unspecified atom stereocenters. The SMILES string of the molecule is CN1CCN(CCOc2ccccc2-c2ccccc2)CC1.O=C(O)C(=O)O. The number of benzene rings is 2.